The summed E-state index contributed by atoms with van der Waals surface area (Å²) in [6.45, 7) is 7.44. The third-order valence-corrected chi connectivity index (χ3v) is 1.20. The van der Waals surface area contributed by atoms with Crippen molar-refractivity contribution in [1.29, 1.82) is 0 Å². The van der Waals surface area contributed by atoms with E-state index in [4.69, 9.17) is 0 Å². The molecule has 0 heterocycles. The molecule has 0 bridgehead atoms. The normalized spacial score (nSPS) is 11.4. The van der Waals surface area contributed by atoms with Gasteiger partial charge in [-0.15, -0.1) is 0 Å². The minimum absolute atomic E-state index is 0. The molecule has 0 aromatic heterocycles. The van der Waals surface area contributed by atoms with E-state index in [9.17, 15) is 5.11 Å². The van der Waals surface area contributed by atoms with Crippen LogP contribution in [0.2, 0.25) is 0 Å². The summed E-state index contributed by atoms with van der Waals surface area (Å²) in [6, 6.07) is 0. The van der Waals surface area contributed by atoms with E-state index in [0.29, 0.717) is 0 Å². The van der Waals surface area contributed by atoms with E-state index >= 15 is 0 Å². The van der Waals surface area contributed by atoms with Gasteiger partial charge in [-0.05, 0) is 27.4 Å². The molecule has 0 fully saturated rings. The van der Waals surface area contributed by atoms with Crippen molar-refractivity contribution in [3.63, 3.8) is 0 Å². The molecule has 10 heavy (non-hydrogen) atoms. The molecule has 0 saturated carbocycles. The molecule has 0 radical (unpaired) electrons. The van der Waals surface area contributed by atoms with Crippen LogP contribution in [0, 0.1) is 0 Å². The van der Waals surface area contributed by atoms with Crippen molar-refractivity contribution in [2.24, 2.45) is 0 Å². The van der Waals surface area contributed by atoms with Crippen molar-refractivity contribution in [1.82, 2.24) is 4.90 Å². The molecule has 0 unspecified atom stereocenters. The Bertz CT molecular complexity index is 80.2. The van der Waals surface area contributed by atoms with Gasteiger partial charge in [0.25, 0.3) is 0 Å². The van der Waals surface area contributed by atoms with Crippen LogP contribution in [0.15, 0.2) is 0 Å². The predicted molar refractivity (Wildman–Crippen MR) is 39.5 cm³/mol. The number of nitrogens with zero attached hydrogens (tertiary/aromatic N) is 1. The molecule has 0 spiro atoms. The van der Waals surface area contributed by atoms with E-state index in [1.54, 1.807) is 0 Å². The summed E-state index contributed by atoms with van der Waals surface area (Å²) in [5.74, 6) is 0. The summed E-state index contributed by atoms with van der Waals surface area (Å²) in [7, 11) is 2.00. The Morgan fingerprint density at radius 1 is 1.40 bits per heavy atom. The Labute approximate surface area is 74.1 Å². The third-order valence-electron chi connectivity index (χ3n) is 1.20. The number of rotatable bonds is 3. The quantitative estimate of drug-likeness (QED) is 0.657. The van der Waals surface area contributed by atoms with Crippen molar-refractivity contribution in [3.8, 4) is 0 Å². The molecule has 0 aliphatic carbocycles. The van der Waals surface area contributed by atoms with Crippen LogP contribution in [0.5, 0.6) is 0 Å². The first-order valence-corrected chi connectivity index (χ1v) is 3.36. The Hall–Kier alpha value is 0.439. The fraction of sp³-hybridized carbons (Fsp3) is 1.00. The maximum atomic E-state index is 9.28. The number of aliphatic hydroxyl groups is 1. The molecule has 0 amide bonds. The zero-order valence-corrected chi connectivity index (χ0v) is 8.27. The topological polar surface area (TPSA) is 23.5 Å². The zero-order valence-electron chi connectivity index (χ0n) is 7.16. The smallest absolute Gasteiger partial charge is 0.0718 e. The molecule has 1 N–H and O–H groups in total. The average Bonchev–Trinajstić information content (AvgIpc) is 1.62. The largest absolute Gasteiger partial charge is 0.389 e. The molecule has 2 nitrogen and oxygen atoms in total. The van der Waals surface area contributed by atoms with E-state index in [-0.39, 0.29) is 17.1 Å². The summed E-state index contributed by atoms with van der Waals surface area (Å²) in [5, 5.41) is 9.28. The first kappa shape index (κ1) is 13.1. The second-order valence-corrected chi connectivity index (χ2v) is 3.14. The SMILES string of the molecule is CCN(C)CC(C)(C)O.[Fe]. The summed E-state index contributed by atoms with van der Waals surface area (Å²) >= 11 is 0. The molecule has 0 aromatic carbocycles. The maximum absolute atomic E-state index is 9.28. The van der Waals surface area contributed by atoms with E-state index in [0.717, 1.165) is 13.1 Å². The van der Waals surface area contributed by atoms with Gasteiger partial charge in [0.2, 0.25) is 0 Å². The Balaban J connectivity index is 0. The van der Waals surface area contributed by atoms with E-state index in [1.807, 2.05) is 20.9 Å². The molecule has 0 aliphatic heterocycles. The van der Waals surface area contributed by atoms with Gasteiger partial charge in [0.1, 0.15) is 0 Å². The van der Waals surface area contributed by atoms with Gasteiger partial charge in [-0.2, -0.15) is 0 Å². The van der Waals surface area contributed by atoms with Crippen LogP contribution in [-0.2, 0) is 17.1 Å². The summed E-state index contributed by atoms with van der Waals surface area (Å²) in [4.78, 5) is 2.08. The Kier molecular flexibility index (Phi) is 6.71. The molecule has 0 rings (SSSR count). The fourth-order valence-corrected chi connectivity index (χ4v) is 0.772. The first-order valence-electron chi connectivity index (χ1n) is 3.36. The number of hydrogen-bond acceptors (Lipinski definition) is 2. The van der Waals surface area contributed by atoms with Crippen molar-refractivity contribution < 1.29 is 22.2 Å². The van der Waals surface area contributed by atoms with Gasteiger partial charge in [0.15, 0.2) is 0 Å². The fourth-order valence-electron chi connectivity index (χ4n) is 0.772. The van der Waals surface area contributed by atoms with Gasteiger partial charge in [-0.3, -0.25) is 0 Å². The van der Waals surface area contributed by atoms with Gasteiger partial charge in [-0.1, -0.05) is 6.92 Å². The molecular formula is C7H17FeNO. The van der Waals surface area contributed by atoms with Crippen molar-refractivity contribution >= 4 is 0 Å². The molecular weight excluding hydrogens is 170 g/mol. The Morgan fingerprint density at radius 3 is 1.90 bits per heavy atom. The second-order valence-electron chi connectivity index (χ2n) is 3.14. The van der Waals surface area contributed by atoms with Crippen LogP contribution in [0.1, 0.15) is 20.8 Å². The summed E-state index contributed by atoms with van der Waals surface area (Å²) < 4.78 is 0. The van der Waals surface area contributed by atoms with Crippen LogP contribution < -0.4 is 0 Å². The van der Waals surface area contributed by atoms with E-state index < -0.39 is 5.60 Å². The van der Waals surface area contributed by atoms with Crippen LogP contribution in [0.4, 0.5) is 0 Å². The van der Waals surface area contributed by atoms with Gasteiger partial charge < -0.3 is 10.0 Å². The molecule has 3 heteroatoms. The molecule has 0 atom stereocenters. The molecule has 0 aliphatic rings. The van der Waals surface area contributed by atoms with Gasteiger partial charge in [-0.25, -0.2) is 0 Å². The average molecular weight is 187 g/mol. The van der Waals surface area contributed by atoms with Crippen LogP contribution in [0.3, 0.4) is 0 Å². The first-order chi connectivity index (χ1) is 3.95. The zero-order chi connectivity index (χ0) is 7.49. The van der Waals surface area contributed by atoms with Crippen LogP contribution >= 0.6 is 0 Å². The van der Waals surface area contributed by atoms with Gasteiger partial charge in [0.05, 0.1) is 5.60 Å². The van der Waals surface area contributed by atoms with E-state index in [1.165, 1.54) is 0 Å². The molecule has 64 valence electrons. The second kappa shape index (κ2) is 5.14. The number of hydrogen-bond donors (Lipinski definition) is 1. The van der Waals surface area contributed by atoms with Crippen molar-refractivity contribution in [2.75, 3.05) is 20.1 Å². The number of likely N-dealkylation sites (N-methyl/N-ethyl adjacent to an activating group) is 1. The maximum Gasteiger partial charge on any atom is 0.0718 e. The van der Waals surface area contributed by atoms with Crippen molar-refractivity contribution in [3.05, 3.63) is 0 Å². The minimum atomic E-state index is -0.551. The standard InChI is InChI=1S/C7H17NO.Fe/c1-5-8(4)6-7(2,3)9;/h9H,5-6H2,1-4H3;. The third kappa shape index (κ3) is 8.44. The van der Waals surface area contributed by atoms with Crippen LogP contribution in [-0.4, -0.2) is 35.7 Å². The monoisotopic (exact) mass is 187 g/mol. The van der Waals surface area contributed by atoms with E-state index in [2.05, 4.69) is 11.8 Å². The van der Waals surface area contributed by atoms with Gasteiger partial charge >= 0.3 is 0 Å². The Morgan fingerprint density at radius 2 is 1.80 bits per heavy atom. The van der Waals surface area contributed by atoms with Crippen molar-refractivity contribution in [2.45, 2.75) is 26.4 Å². The molecule has 0 saturated heterocycles. The predicted octanol–water partition coefficient (Wildman–Crippen LogP) is 0.707. The minimum Gasteiger partial charge on any atom is -0.389 e. The van der Waals surface area contributed by atoms with Gasteiger partial charge in [0, 0.05) is 23.6 Å². The summed E-state index contributed by atoms with van der Waals surface area (Å²) in [6.07, 6.45) is 0. The summed E-state index contributed by atoms with van der Waals surface area (Å²) in [5.41, 5.74) is -0.551. The molecule has 0 aromatic rings. The van der Waals surface area contributed by atoms with Crippen LogP contribution in [0.25, 0.3) is 0 Å².